The van der Waals surface area contributed by atoms with Crippen LogP contribution < -0.4 is 26.4 Å². The first-order valence-electron chi connectivity index (χ1n) is 12.2. The third-order valence-electron chi connectivity index (χ3n) is 5.27. The maximum Gasteiger partial charge on any atom is 0.269 e. The second kappa shape index (κ2) is 14.1. The quantitative estimate of drug-likeness (QED) is 0.0757. The number of rotatable bonds is 13. The molecule has 0 saturated heterocycles. The van der Waals surface area contributed by atoms with Crippen LogP contribution in [-0.4, -0.2) is 37.3 Å². The van der Waals surface area contributed by atoms with E-state index in [0.29, 0.717) is 30.4 Å². The van der Waals surface area contributed by atoms with Gasteiger partial charge in [0.15, 0.2) is 0 Å². The van der Waals surface area contributed by atoms with Crippen molar-refractivity contribution >= 4 is 34.2 Å². The number of allylic oxidation sites excluding steroid dienone is 2. The van der Waals surface area contributed by atoms with Crippen molar-refractivity contribution in [3.05, 3.63) is 82.5 Å². The number of pyridine rings is 1. The summed E-state index contributed by atoms with van der Waals surface area (Å²) in [6.45, 7) is 7.42. The molecule has 3 rings (SSSR count). The fourth-order valence-corrected chi connectivity index (χ4v) is 4.20. The number of benzene rings is 1. The maximum absolute atomic E-state index is 11.8. The number of thiophene rings is 1. The van der Waals surface area contributed by atoms with E-state index in [-0.39, 0.29) is 17.7 Å². The molecule has 1 aromatic carbocycles. The van der Waals surface area contributed by atoms with E-state index in [1.165, 1.54) is 17.3 Å². The molecule has 196 valence electrons. The molecule has 0 aliphatic carbocycles. The molecule has 0 spiro atoms. The van der Waals surface area contributed by atoms with Crippen LogP contribution in [0.4, 0.5) is 11.4 Å². The van der Waals surface area contributed by atoms with E-state index in [4.69, 9.17) is 15.2 Å². The molecule has 0 fully saturated rings. The Labute approximate surface area is 222 Å². The number of anilines is 2. The number of nitrogens with zero attached hydrogens (tertiary/aromatic N) is 1. The molecule has 2 aromatic heterocycles. The molecule has 0 aliphatic rings. The van der Waals surface area contributed by atoms with Gasteiger partial charge in [-0.1, -0.05) is 13.0 Å². The Balaban J connectivity index is 1.53. The van der Waals surface area contributed by atoms with Gasteiger partial charge in [-0.05, 0) is 66.9 Å². The summed E-state index contributed by atoms with van der Waals surface area (Å²) in [6.07, 6.45) is 6.62. The van der Waals surface area contributed by atoms with Crippen LogP contribution in [0.2, 0.25) is 0 Å². The number of aromatic nitrogens is 1. The van der Waals surface area contributed by atoms with Crippen LogP contribution in [0.5, 0.6) is 11.5 Å². The highest BCUT2D eigenvalue weighted by molar-refractivity contribution is 7.08. The summed E-state index contributed by atoms with van der Waals surface area (Å²) in [6, 6.07) is 10.8. The minimum Gasteiger partial charge on any atom is -0.491 e. The smallest absolute Gasteiger partial charge is 0.269 e. The fourth-order valence-electron chi connectivity index (χ4n) is 3.53. The van der Waals surface area contributed by atoms with E-state index in [1.807, 2.05) is 32.1 Å². The molecule has 0 aliphatic heterocycles. The van der Waals surface area contributed by atoms with Crippen LogP contribution in [-0.2, 0) is 4.74 Å². The summed E-state index contributed by atoms with van der Waals surface area (Å²) >= 11 is 1.69. The van der Waals surface area contributed by atoms with Gasteiger partial charge in [-0.2, -0.15) is 11.3 Å². The van der Waals surface area contributed by atoms with Crippen LogP contribution >= 0.6 is 11.3 Å². The molecular weight excluding hydrogens is 486 g/mol. The molecule has 5 N–H and O–H groups in total. The number of nitrogen functional groups attached to an aromatic ring is 1. The van der Waals surface area contributed by atoms with E-state index >= 15 is 0 Å². The Hall–Kier alpha value is -3.82. The zero-order valence-corrected chi connectivity index (χ0v) is 22.5. The lowest BCUT2D eigenvalue weighted by Crippen LogP contribution is -2.22. The first-order valence-corrected chi connectivity index (χ1v) is 13.1. The molecule has 0 radical (unpaired) electrons. The summed E-state index contributed by atoms with van der Waals surface area (Å²) in [7, 11) is 1.55. The van der Waals surface area contributed by atoms with E-state index in [9.17, 15) is 4.79 Å². The van der Waals surface area contributed by atoms with Gasteiger partial charge in [0.2, 0.25) is 0 Å². The lowest BCUT2D eigenvalue weighted by Gasteiger charge is -2.15. The molecule has 37 heavy (non-hydrogen) atoms. The molecular formula is C28H35N5O3S. The number of carbonyl (C=O) groups excluding carboxylic acids is 1. The number of carbonyl (C=O) groups is 1. The highest BCUT2D eigenvalue weighted by Crippen LogP contribution is 2.28. The fraction of sp³-hybridized carbons (Fsp3) is 0.286. The highest BCUT2D eigenvalue weighted by atomic mass is 32.1. The average Bonchev–Trinajstić information content (AvgIpc) is 3.41. The van der Waals surface area contributed by atoms with Crippen molar-refractivity contribution in [1.29, 1.82) is 0 Å². The van der Waals surface area contributed by atoms with Gasteiger partial charge < -0.3 is 25.8 Å². The average molecular weight is 522 g/mol. The molecule has 0 saturated carbocycles. The summed E-state index contributed by atoms with van der Waals surface area (Å²) in [5.41, 5.74) is 10.2. The summed E-state index contributed by atoms with van der Waals surface area (Å²) in [4.78, 5) is 15.8. The predicted molar refractivity (Wildman–Crippen MR) is 152 cm³/mol. The van der Waals surface area contributed by atoms with E-state index < -0.39 is 0 Å². The van der Waals surface area contributed by atoms with Gasteiger partial charge in [0.1, 0.15) is 23.0 Å². The number of hydrogen-bond donors (Lipinski definition) is 4. The van der Waals surface area contributed by atoms with Gasteiger partial charge in [0.05, 0.1) is 24.1 Å². The normalized spacial score (nSPS) is 11.9. The molecule has 8 nitrogen and oxygen atoms in total. The van der Waals surface area contributed by atoms with Gasteiger partial charge in [-0.25, -0.2) is 0 Å². The Bertz CT molecular complexity index is 1220. The number of nitrogens with two attached hydrogens (primary N) is 1. The van der Waals surface area contributed by atoms with Gasteiger partial charge in [-0.3, -0.25) is 15.1 Å². The van der Waals surface area contributed by atoms with Crippen molar-refractivity contribution in [3.8, 4) is 11.5 Å². The van der Waals surface area contributed by atoms with Gasteiger partial charge >= 0.3 is 0 Å². The first-order chi connectivity index (χ1) is 17.9. The summed E-state index contributed by atoms with van der Waals surface area (Å²) in [5.74, 6) is 1.69. The van der Waals surface area contributed by atoms with Crippen molar-refractivity contribution in [1.82, 2.24) is 15.6 Å². The lowest BCUT2D eigenvalue weighted by atomic mass is 10.1. The SMILES string of the molecule is CC/C(=C(\C=C/CNCNc1ccc(Oc2ccnc(C(=O)NC)c2)cc1N)OC(C)C)c1ccsc1. The minimum absolute atomic E-state index is 0.0980. The highest BCUT2D eigenvalue weighted by Gasteiger charge is 2.10. The zero-order valence-electron chi connectivity index (χ0n) is 21.7. The molecule has 0 bridgehead atoms. The molecule has 0 unspecified atom stereocenters. The monoisotopic (exact) mass is 521 g/mol. The predicted octanol–water partition coefficient (Wildman–Crippen LogP) is 5.64. The topological polar surface area (TPSA) is 111 Å². The summed E-state index contributed by atoms with van der Waals surface area (Å²) in [5, 5.41) is 13.4. The molecule has 9 heteroatoms. The number of hydrogen-bond acceptors (Lipinski definition) is 8. The molecule has 1 amide bonds. The second-order valence-corrected chi connectivity index (χ2v) is 9.17. The van der Waals surface area contributed by atoms with E-state index in [2.05, 4.69) is 50.8 Å². The Morgan fingerprint density at radius 1 is 1.19 bits per heavy atom. The van der Waals surface area contributed by atoms with Crippen molar-refractivity contribution in [2.75, 3.05) is 31.3 Å². The standard InChI is InChI=1S/C28H35N5O3S/c1-5-23(20-11-14-37-17-20)27(35-19(2)3)7-6-12-31-18-33-25-9-8-21(15-24(25)29)36-22-10-13-32-26(16-22)28(34)30-4/h6-11,13-17,19,31,33H,5,12,18,29H2,1-4H3,(H,30,34)/b7-6-,27-23-. The summed E-state index contributed by atoms with van der Waals surface area (Å²) < 4.78 is 11.9. The third kappa shape index (κ3) is 8.37. The van der Waals surface area contributed by atoms with Crippen LogP contribution in [0, 0.1) is 0 Å². The lowest BCUT2D eigenvalue weighted by molar-refractivity contribution is 0.0958. The van der Waals surface area contributed by atoms with E-state index in [0.717, 1.165) is 17.9 Å². The van der Waals surface area contributed by atoms with Gasteiger partial charge in [0.25, 0.3) is 5.91 Å². The van der Waals surface area contributed by atoms with Crippen LogP contribution in [0.15, 0.2) is 71.3 Å². The molecule has 0 atom stereocenters. The molecule has 2 heterocycles. The van der Waals surface area contributed by atoms with Crippen molar-refractivity contribution in [2.45, 2.75) is 33.3 Å². The Morgan fingerprint density at radius 3 is 2.68 bits per heavy atom. The van der Waals surface area contributed by atoms with Crippen LogP contribution in [0.25, 0.3) is 5.57 Å². The Morgan fingerprint density at radius 2 is 2.00 bits per heavy atom. The maximum atomic E-state index is 11.8. The van der Waals surface area contributed by atoms with E-state index in [1.54, 1.807) is 36.6 Å². The van der Waals surface area contributed by atoms with Gasteiger partial charge in [0, 0.05) is 37.5 Å². The van der Waals surface area contributed by atoms with Gasteiger partial charge in [-0.15, -0.1) is 0 Å². The second-order valence-electron chi connectivity index (χ2n) is 8.39. The third-order valence-corrected chi connectivity index (χ3v) is 5.95. The molecule has 3 aromatic rings. The number of amides is 1. The first kappa shape index (κ1) is 27.8. The zero-order chi connectivity index (χ0) is 26.6. The largest absolute Gasteiger partial charge is 0.491 e. The van der Waals surface area contributed by atoms with Crippen LogP contribution in [0.1, 0.15) is 43.2 Å². The van der Waals surface area contributed by atoms with Crippen molar-refractivity contribution in [2.24, 2.45) is 0 Å². The van der Waals surface area contributed by atoms with Crippen molar-refractivity contribution in [3.63, 3.8) is 0 Å². The Kier molecular flexibility index (Phi) is 10.5. The van der Waals surface area contributed by atoms with Crippen LogP contribution in [0.3, 0.4) is 0 Å². The van der Waals surface area contributed by atoms with Crippen molar-refractivity contribution < 1.29 is 14.3 Å². The number of ether oxygens (including phenoxy) is 2. The number of nitrogens with one attached hydrogen (secondary N) is 3. The minimum atomic E-state index is -0.278.